The van der Waals surface area contributed by atoms with Crippen molar-refractivity contribution in [2.24, 2.45) is 0 Å². The maximum absolute atomic E-state index is 10.7. The highest BCUT2D eigenvalue weighted by Gasteiger charge is 2.22. The average Bonchev–Trinajstić information content (AvgIpc) is 2.37. The molecule has 0 saturated carbocycles. The predicted octanol–water partition coefficient (Wildman–Crippen LogP) is 1.92. The van der Waals surface area contributed by atoms with E-state index in [2.05, 4.69) is 29.8 Å². The lowest BCUT2D eigenvalue weighted by atomic mass is 10.1. The van der Waals surface area contributed by atoms with Gasteiger partial charge in [-0.2, -0.15) is 0 Å². The number of nitrogens with zero attached hydrogens (tertiary/aromatic N) is 2. The van der Waals surface area contributed by atoms with Crippen LogP contribution < -0.4 is 4.90 Å². The number of benzene rings is 1. The first kappa shape index (κ1) is 13.6. The smallest absolute Gasteiger partial charge is 0.328 e. The fourth-order valence-corrected chi connectivity index (χ4v) is 2.55. The van der Waals surface area contributed by atoms with Crippen molar-refractivity contribution < 1.29 is 9.90 Å². The Morgan fingerprint density at radius 2 is 2.11 bits per heavy atom. The molecule has 0 bridgehead atoms. The van der Waals surface area contributed by atoms with Gasteiger partial charge in [-0.1, -0.05) is 18.2 Å². The van der Waals surface area contributed by atoms with E-state index in [0.29, 0.717) is 6.04 Å². The molecular weight excluding hydrogens is 240 g/mol. The second-order valence-electron chi connectivity index (χ2n) is 5.04. The Hall–Kier alpha value is -1.81. The van der Waals surface area contributed by atoms with Gasteiger partial charge in [0.15, 0.2) is 0 Å². The van der Waals surface area contributed by atoms with E-state index < -0.39 is 5.97 Å². The highest BCUT2D eigenvalue weighted by atomic mass is 16.4. The predicted molar refractivity (Wildman–Crippen MR) is 77.4 cm³/mol. The molecule has 1 aliphatic rings. The number of carbonyl (C=O) groups is 1. The first-order valence-corrected chi connectivity index (χ1v) is 6.53. The molecule has 0 amide bonds. The van der Waals surface area contributed by atoms with Crippen LogP contribution in [0.1, 0.15) is 12.5 Å². The summed E-state index contributed by atoms with van der Waals surface area (Å²) < 4.78 is 0. The van der Waals surface area contributed by atoms with Crippen LogP contribution >= 0.6 is 0 Å². The van der Waals surface area contributed by atoms with Gasteiger partial charge < -0.3 is 14.9 Å². The van der Waals surface area contributed by atoms with Gasteiger partial charge in [0, 0.05) is 37.4 Å². The maximum Gasteiger partial charge on any atom is 0.328 e. The summed E-state index contributed by atoms with van der Waals surface area (Å²) in [4.78, 5) is 15.3. The second-order valence-corrected chi connectivity index (χ2v) is 5.04. The molecule has 1 aromatic carbocycles. The summed E-state index contributed by atoms with van der Waals surface area (Å²) in [5.74, 6) is -0.916. The van der Waals surface area contributed by atoms with Crippen LogP contribution in [0.25, 0.3) is 6.08 Å². The molecule has 4 heteroatoms. The zero-order chi connectivity index (χ0) is 13.8. The Bertz CT molecular complexity index is 485. The van der Waals surface area contributed by atoms with Crippen molar-refractivity contribution in [2.75, 3.05) is 31.6 Å². The number of hydrogen-bond donors (Lipinski definition) is 1. The Balaban J connectivity index is 2.26. The van der Waals surface area contributed by atoms with Crippen LogP contribution in [0.5, 0.6) is 0 Å². The van der Waals surface area contributed by atoms with E-state index >= 15 is 0 Å². The number of aliphatic carboxylic acids is 1. The average molecular weight is 260 g/mol. The molecule has 0 aromatic heterocycles. The van der Waals surface area contributed by atoms with E-state index in [0.717, 1.165) is 30.9 Å². The van der Waals surface area contributed by atoms with Crippen molar-refractivity contribution in [3.05, 3.63) is 35.9 Å². The van der Waals surface area contributed by atoms with Gasteiger partial charge in [0.05, 0.1) is 0 Å². The molecule has 0 radical (unpaired) electrons. The number of anilines is 1. The first-order chi connectivity index (χ1) is 9.08. The van der Waals surface area contributed by atoms with Gasteiger partial charge in [-0.15, -0.1) is 0 Å². The topological polar surface area (TPSA) is 43.8 Å². The number of piperazine rings is 1. The van der Waals surface area contributed by atoms with Crippen LogP contribution in [-0.2, 0) is 4.79 Å². The number of carboxylic acids is 1. The molecule has 19 heavy (non-hydrogen) atoms. The van der Waals surface area contributed by atoms with Crippen LogP contribution in [0.3, 0.4) is 0 Å². The minimum atomic E-state index is -0.916. The summed E-state index contributed by atoms with van der Waals surface area (Å²) in [6, 6.07) is 8.38. The van der Waals surface area contributed by atoms with E-state index in [1.54, 1.807) is 6.08 Å². The third-order valence-corrected chi connectivity index (χ3v) is 3.48. The van der Waals surface area contributed by atoms with Crippen LogP contribution in [0.15, 0.2) is 30.3 Å². The van der Waals surface area contributed by atoms with Crippen molar-refractivity contribution in [3.63, 3.8) is 0 Å². The van der Waals surface area contributed by atoms with Crippen molar-refractivity contribution in [2.45, 2.75) is 13.0 Å². The SMILES string of the molecule is CC1CN(C)CCN1c1ccccc1/C=C/C(=O)O. The molecule has 0 spiro atoms. The van der Waals surface area contributed by atoms with Crippen LogP contribution in [0, 0.1) is 0 Å². The molecule has 1 fully saturated rings. The molecule has 0 aliphatic carbocycles. The molecule has 4 nitrogen and oxygen atoms in total. The fraction of sp³-hybridized carbons (Fsp3) is 0.400. The summed E-state index contributed by atoms with van der Waals surface area (Å²) in [6.45, 7) is 5.22. The highest BCUT2D eigenvalue weighted by Crippen LogP contribution is 2.25. The molecule has 1 N–H and O–H groups in total. The van der Waals surface area contributed by atoms with Crippen molar-refractivity contribution in [1.82, 2.24) is 4.90 Å². The second kappa shape index (κ2) is 5.89. The van der Waals surface area contributed by atoms with Crippen molar-refractivity contribution >= 4 is 17.7 Å². The molecule has 1 saturated heterocycles. The number of carboxylic acid groups (broad SMARTS) is 1. The third-order valence-electron chi connectivity index (χ3n) is 3.48. The number of likely N-dealkylation sites (N-methyl/N-ethyl adjacent to an activating group) is 1. The fourth-order valence-electron chi connectivity index (χ4n) is 2.55. The molecule has 1 aromatic rings. The normalized spacial score (nSPS) is 20.9. The van der Waals surface area contributed by atoms with Crippen LogP contribution in [0.4, 0.5) is 5.69 Å². The van der Waals surface area contributed by atoms with Crippen LogP contribution in [-0.4, -0.2) is 48.7 Å². The van der Waals surface area contributed by atoms with Gasteiger partial charge in [0.1, 0.15) is 0 Å². The lowest BCUT2D eigenvalue weighted by Crippen LogP contribution is -2.50. The van der Waals surface area contributed by atoms with Gasteiger partial charge in [-0.05, 0) is 31.7 Å². The van der Waals surface area contributed by atoms with Crippen molar-refractivity contribution in [1.29, 1.82) is 0 Å². The van der Waals surface area contributed by atoms with E-state index in [-0.39, 0.29) is 0 Å². The largest absolute Gasteiger partial charge is 0.478 e. The van der Waals surface area contributed by atoms with Gasteiger partial charge >= 0.3 is 5.97 Å². The third kappa shape index (κ3) is 3.35. The minimum Gasteiger partial charge on any atom is -0.478 e. The van der Waals surface area contributed by atoms with Gasteiger partial charge in [-0.25, -0.2) is 4.79 Å². The zero-order valence-electron chi connectivity index (χ0n) is 11.4. The Kier molecular flexibility index (Phi) is 4.22. The lowest BCUT2D eigenvalue weighted by Gasteiger charge is -2.40. The summed E-state index contributed by atoms with van der Waals surface area (Å²) in [5, 5.41) is 8.76. The number of rotatable bonds is 3. The van der Waals surface area contributed by atoms with E-state index in [1.165, 1.54) is 6.08 Å². The quantitative estimate of drug-likeness (QED) is 0.843. The van der Waals surface area contributed by atoms with E-state index in [1.807, 2.05) is 18.2 Å². The molecule has 1 atom stereocenters. The van der Waals surface area contributed by atoms with E-state index in [9.17, 15) is 4.79 Å². The zero-order valence-corrected chi connectivity index (χ0v) is 11.4. The summed E-state index contributed by atoms with van der Waals surface area (Å²) in [6.07, 6.45) is 2.86. The van der Waals surface area contributed by atoms with Crippen LogP contribution in [0.2, 0.25) is 0 Å². The summed E-state index contributed by atoms with van der Waals surface area (Å²) in [5.41, 5.74) is 2.07. The number of para-hydroxylation sites is 1. The Morgan fingerprint density at radius 1 is 1.37 bits per heavy atom. The monoisotopic (exact) mass is 260 g/mol. The summed E-state index contributed by atoms with van der Waals surface area (Å²) >= 11 is 0. The van der Waals surface area contributed by atoms with Gasteiger partial charge in [0.25, 0.3) is 0 Å². The maximum atomic E-state index is 10.7. The highest BCUT2D eigenvalue weighted by molar-refractivity contribution is 5.87. The Labute approximate surface area is 113 Å². The summed E-state index contributed by atoms with van der Waals surface area (Å²) in [7, 11) is 2.13. The standard InChI is InChI=1S/C15H20N2O2/c1-12-11-16(2)9-10-17(12)14-6-4-3-5-13(14)7-8-15(18)19/h3-8,12H,9-11H2,1-2H3,(H,18,19)/b8-7+. The lowest BCUT2D eigenvalue weighted by molar-refractivity contribution is -0.131. The molecule has 1 heterocycles. The Morgan fingerprint density at radius 3 is 2.79 bits per heavy atom. The van der Waals surface area contributed by atoms with Gasteiger partial charge in [0.2, 0.25) is 0 Å². The minimum absolute atomic E-state index is 0.429. The van der Waals surface area contributed by atoms with Gasteiger partial charge in [-0.3, -0.25) is 0 Å². The molecule has 102 valence electrons. The molecular formula is C15H20N2O2. The number of hydrogen-bond acceptors (Lipinski definition) is 3. The van der Waals surface area contributed by atoms with E-state index in [4.69, 9.17) is 5.11 Å². The molecule has 2 rings (SSSR count). The van der Waals surface area contributed by atoms with Crippen molar-refractivity contribution in [3.8, 4) is 0 Å². The first-order valence-electron chi connectivity index (χ1n) is 6.53. The molecule has 1 unspecified atom stereocenters. The molecule has 1 aliphatic heterocycles.